The quantitative estimate of drug-likeness (QED) is 0.330. The Bertz CT molecular complexity index is 1870. The number of carbonyl (C=O) groups excluding carboxylic acids is 1. The van der Waals surface area contributed by atoms with Crippen molar-refractivity contribution >= 4 is 22.9 Å². The van der Waals surface area contributed by atoms with Gasteiger partial charge in [-0.05, 0) is 49.2 Å². The molecule has 1 saturated heterocycles. The first-order valence-electron chi connectivity index (χ1n) is 13.8. The van der Waals surface area contributed by atoms with E-state index in [-0.39, 0.29) is 29.6 Å². The van der Waals surface area contributed by atoms with E-state index in [1.807, 2.05) is 24.3 Å². The number of nitrogen functional groups attached to an aromatic ring is 1. The van der Waals surface area contributed by atoms with Crippen LogP contribution in [0.3, 0.4) is 0 Å². The van der Waals surface area contributed by atoms with Gasteiger partial charge in [-0.15, -0.1) is 0 Å². The minimum atomic E-state index is -0.634. The monoisotopic (exact) mass is 569 g/mol. The molecule has 11 nitrogen and oxygen atoms in total. The molecular weight excluding hydrogens is 541 g/mol. The molecule has 0 radical (unpaired) electrons. The molecule has 0 aliphatic carbocycles. The van der Waals surface area contributed by atoms with Crippen molar-refractivity contribution in [1.29, 1.82) is 0 Å². The molecule has 12 heteroatoms. The smallest absolute Gasteiger partial charge is 0.284 e. The molecule has 5 aromatic rings. The lowest BCUT2D eigenvalue weighted by Crippen LogP contribution is -2.26. The number of fused-ring (bicyclic) bond motifs is 2. The number of benzene rings is 2. The summed E-state index contributed by atoms with van der Waals surface area (Å²) in [5.74, 6) is -0.769. The van der Waals surface area contributed by atoms with Crippen molar-refractivity contribution in [3.05, 3.63) is 94.0 Å². The molecule has 0 atom stereocenters. The summed E-state index contributed by atoms with van der Waals surface area (Å²) in [4.78, 5) is 31.1. The first-order chi connectivity index (χ1) is 20.5. The molecule has 1 fully saturated rings. The van der Waals surface area contributed by atoms with Crippen molar-refractivity contribution in [3.63, 3.8) is 0 Å². The maximum absolute atomic E-state index is 15.7. The Labute approximate surface area is 239 Å². The largest absolute Gasteiger partial charge is 0.382 e. The summed E-state index contributed by atoms with van der Waals surface area (Å²) in [6, 6.07) is 15.4. The average molecular weight is 570 g/mol. The van der Waals surface area contributed by atoms with Crippen molar-refractivity contribution < 1.29 is 18.7 Å². The maximum Gasteiger partial charge on any atom is 0.284 e. The normalized spacial score (nSPS) is 15.5. The van der Waals surface area contributed by atoms with Gasteiger partial charge in [0.2, 0.25) is 0 Å². The van der Waals surface area contributed by atoms with E-state index in [0.717, 1.165) is 18.5 Å². The predicted molar refractivity (Wildman–Crippen MR) is 153 cm³/mol. The van der Waals surface area contributed by atoms with Gasteiger partial charge in [-0.3, -0.25) is 14.3 Å². The van der Waals surface area contributed by atoms with Crippen molar-refractivity contribution in [1.82, 2.24) is 24.0 Å². The molecule has 0 saturated carbocycles. The van der Waals surface area contributed by atoms with Crippen LogP contribution < -0.4 is 16.6 Å². The number of hydrogen-bond donors (Lipinski definition) is 2. The number of nitrogens with one attached hydrogen (secondary N) is 1. The van der Waals surface area contributed by atoms with Gasteiger partial charge >= 0.3 is 0 Å². The van der Waals surface area contributed by atoms with Crippen LogP contribution in [0.5, 0.6) is 0 Å². The molecule has 0 bridgehead atoms. The second-order valence-corrected chi connectivity index (χ2v) is 10.4. The van der Waals surface area contributed by atoms with E-state index in [9.17, 15) is 9.59 Å². The van der Waals surface area contributed by atoms with E-state index < -0.39 is 17.3 Å². The van der Waals surface area contributed by atoms with Gasteiger partial charge in [0.25, 0.3) is 11.5 Å². The van der Waals surface area contributed by atoms with Crippen LogP contribution in [0.4, 0.5) is 15.9 Å². The number of para-hydroxylation sites is 1. The second kappa shape index (κ2) is 10.5. The van der Waals surface area contributed by atoms with Gasteiger partial charge in [0.15, 0.2) is 5.82 Å². The Morgan fingerprint density at radius 1 is 1.02 bits per heavy atom. The summed E-state index contributed by atoms with van der Waals surface area (Å²) in [6.45, 7) is 2.24. The summed E-state index contributed by atoms with van der Waals surface area (Å²) in [6.07, 6.45) is 3.04. The minimum Gasteiger partial charge on any atom is -0.382 e. The fraction of sp³-hybridized carbons (Fsp3) is 0.267. The third kappa shape index (κ3) is 4.35. The zero-order valence-corrected chi connectivity index (χ0v) is 22.6. The Balaban J connectivity index is 1.23. The molecule has 2 aromatic carbocycles. The van der Waals surface area contributed by atoms with Crippen LogP contribution in [0.1, 0.15) is 40.5 Å². The zero-order valence-electron chi connectivity index (χ0n) is 22.6. The molecule has 214 valence electrons. The topological polar surface area (TPSA) is 131 Å². The summed E-state index contributed by atoms with van der Waals surface area (Å²) < 4.78 is 31.8. The number of nitrogens with zero attached hydrogens (tertiary/aromatic N) is 5. The third-order valence-electron chi connectivity index (χ3n) is 7.93. The van der Waals surface area contributed by atoms with Crippen LogP contribution >= 0.6 is 0 Å². The highest BCUT2D eigenvalue weighted by atomic mass is 19.1. The SMILES string of the molecule is Nc1ncnn2c(C3CCOCC3)cc(-c3ccc(NC(=O)c4c5n(n(-c6ccccc6)c4=O)CCOC5)cc3F)c12. The van der Waals surface area contributed by atoms with Crippen LogP contribution in [0.2, 0.25) is 0 Å². The number of carbonyl (C=O) groups is 1. The summed E-state index contributed by atoms with van der Waals surface area (Å²) in [7, 11) is 0. The van der Waals surface area contributed by atoms with Crippen LogP contribution in [0.25, 0.3) is 22.3 Å². The maximum atomic E-state index is 15.7. The second-order valence-electron chi connectivity index (χ2n) is 10.4. The van der Waals surface area contributed by atoms with Gasteiger partial charge in [-0.1, -0.05) is 18.2 Å². The highest BCUT2D eigenvalue weighted by Crippen LogP contribution is 2.37. The highest BCUT2D eigenvalue weighted by Gasteiger charge is 2.29. The number of anilines is 2. The number of amides is 1. The predicted octanol–water partition coefficient (Wildman–Crippen LogP) is 3.75. The van der Waals surface area contributed by atoms with Crippen LogP contribution in [0.15, 0.2) is 65.7 Å². The van der Waals surface area contributed by atoms with Crippen LogP contribution in [0, 0.1) is 5.82 Å². The van der Waals surface area contributed by atoms with Gasteiger partial charge < -0.3 is 20.5 Å². The molecule has 0 spiro atoms. The van der Waals surface area contributed by atoms with E-state index in [1.165, 1.54) is 17.1 Å². The van der Waals surface area contributed by atoms with Crippen LogP contribution in [-0.2, 0) is 22.6 Å². The number of rotatable bonds is 5. The fourth-order valence-electron chi connectivity index (χ4n) is 5.93. The van der Waals surface area contributed by atoms with Crippen molar-refractivity contribution in [2.24, 2.45) is 0 Å². The summed E-state index contributed by atoms with van der Waals surface area (Å²) in [5.41, 5.74) is 9.37. The van der Waals surface area contributed by atoms with Crippen molar-refractivity contribution in [3.8, 4) is 16.8 Å². The fourth-order valence-corrected chi connectivity index (χ4v) is 5.93. The van der Waals surface area contributed by atoms with E-state index in [0.29, 0.717) is 54.4 Å². The van der Waals surface area contributed by atoms with Crippen molar-refractivity contribution in [2.45, 2.75) is 31.9 Å². The Morgan fingerprint density at radius 2 is 1.83 bits per heavy atom. The lowest BCUT2D eigenvalue weighted by molar-refractivity contribution is 0.0756. The molecule has 2 aliphatic rings. The standard InChI is InChI=1S/C30H28FN7O4/c31-23-14-19(35-29(39)26-25-16-42-13-10-36(25)38(30(26)40)20-4-2-1-3-5-20)6-7-21(23)22-15-24(18-8-11-41-12-9-18)37-27(22)28(32)33-17-34-37/h1-7,14-15,17-18H,8-13,16H2,(H,35,39)(H2,32,33,34). The third-order valence-corrected chi connectivity index (χ3v) is 7.93. The van der Waals surface area contributed by atoms with Crippen LogP contribution in [-0.4, -0.2) is 49.7 Å². The zero-order chi connectivity index (χ0) is 28.8. The molecule has 7 rings (SSSR count). The number of ether oxygens (including phenoxy) is 2. The molecule has 3 aromatic heterocycles. The Morgan fingerprint density at radius 3 is 2.62 bits per heavy atom. The van der Waals surface area contributed by atoms with Gasteiger partial charge in [0.1, 0.15) is 23.2 Å². The number of hydrogen-bond acceptors (Lipinski definition) is 7. The van der Waals surface area contributed by atoms with Gasteiger partial charge in [0.05, 0.1) is 31.1 Å². The van der Waals surface area contributed by atoms with Crippen molar-refractivity contribution in [2.75, 3.05) is 30.9 Å². The number of nitrogens with two attached hydrogens (primary N) is 1. The number of aromatic nitrogens is 5. The molecule has 5 heterocycles. The molecule has 3 N–H and O–H groups in total. The minimum absolute atomic E-state index is 0.0347. The lowest BCUT2D eigenvalue weighted by atomic mass is 9.95. The molecule has 0 unspecified atom stereocenters. The molecule has 2 aliphatic heterocycles. The molecular formula is C30H28FN7O4. The van der Waals surface area contributed by atoms with E-state index >= 15 is 4.39 Å². The number of halogens is 1. The lowest BCUT2D eigenvalue weighted by Gasteiger charge is -2.21. The average Bonchev–Trinajstić information content (AvgIpc) is 3.54. The van der Waals surface area contributed by atoms with E-state index in [1.54, 1.807) is 33.5 Å². The molecule has 42 heavy (non-hydrogen) atoms. The van der Waals surface area contributed by atoms with E-state index in [2.05, 4.69) is 15.4 Å². The summed E-state index contributed by atoms with van der Waals surface area (Å²) >= 11 is 0. The molecule has 1 amide bonds. The van der Waals surface area contributed by atoms with E-state index in [4.69, 9.17) is 15.2 Å². The van der Waals surface area contributed by atoms with Gasteiger partial charge in [-0.25, -0.2) is 18.6 Å². The Kier molecular flexibility index (Phi) is 6.56. The van der Waals surface area contributed by atoms with Gasteiger partial charge in [-0.2, -0.15) is 5.10 Å². The first kappa shape index (κ1) is 26.1. The first-order valence-corrected chi connectivity index (χ1v) is 13.8. The Hall–Kier alpha value is -4.81. The highest BCUT2D eigenvalue weighted by molar-refractivity contribution is 6.05. The summed E-state index contributed by atoms with van der Waals surface area (Å²) in [5, 5.41) is 7.12. The van der Waals surface area contributed by atoms with Gasteiger partial charge in [0, 0.05) is 41.6 Å².